The predicted molar refractivity (Wildman–Crippen MR) is 68.0 cm³/mol. The molecule has 2 unspecified atom stereocenters. The number of rotatable bonds is 7. The Morgan fingerprint density at radius 3 is 2.31 bits per heavy atom. The van der Waals surface area contributed by atoms with Crippen molar-refractivity contribution < 1.29 is 4.79 Å². The van der Waals surface area contributed by atoms with Crippen LogP contribution in [0.15, 0.2) is 0 Å². The molecule has 0 aromatic rings. The van der Waals surface area contributed by atoms with Crippen molar-refractivity contribution in [2.75, 3.05) is 6.54 Å². The summed E-state index contributed by atoms with van der Waals surface area (Å²) in [4.78, 5) is 11.6. The molecule has 3 heteroatoms. The zero-order valence-electron chi connectivity index (χ0n) is 10.8. The van der Waals surface area contributed by atoms with Crippen LogP contribution in [-0.4, -0.2) is 24.5 Å². The summed E-state index contributed by atoms with van der Waals surface area (Å²) in [6, 6.07) is 0.158. The summed E-state index contributed by atoms with van der Waals surface area (Å²) in [7, 11) is 0. The molecular formula is C13H24N2O. The first-order valence-corrected chi connectivity index (χ1v) is 6.03. The molecule has 0 aromatic carbocycles. The van der Waals surface area contributed by atoms with Crippen LogP contribution in [0.3, 0.4) is 0 Å². The zero-order chi connectivity index (χ0) is 12.6. The van der Waals surface area contributed by atoms with Gasteiger partial charge in [-0.3, -0.25) is 4.79 Å². The number of hydrogen-bond donors (Lipinski definition) is 2. The van der Waals surface area contributed by atoms with Crippen LogP contribution >= 0.6 is 0 Å². The minimum atomic E-state index is -0.191. The Balaban J connectivity index is 4.07. The van der Waals surface area contributed by atoms with Crippen LogP contribution in [0.2, 0.25) is 0 Å². The van der Waals surface area contributed by atoms with Crippen molar-refractivity contribution in [1.82, 2.24) is 10.6 Å². The second kappa shape index (κ2) is 8.18. The van der Waals surface area contributed by atoms with Gasteiger partial charge in [-0.15, -0.1) is 6.42 Å². The van der Waals surface area contributed by atoms with Crippen LogP contribution in [-0.2, 0) is 4.79 Å². The van der Waals surface area contributed by atoms with Crippen LogP contribution in [0.4, 0.5) is 0 Å². The van der Waals surface area contributed by atoms with Gasteiger partial charge in [0.15, 0.2) is 0 Å². The molecule has 0 fully saturated rings. The number of nitrogens with one attached hydrogen (secondary N) is 2. The molecule has 3 nitrogen and oxygen atoms in total. The van der Waals surface area contributed by atoms with Gasteiger partial charge in [-0.2, -0.15) is 0 Å². The standard InChI is InChI=1S/C13H24N2O/c1-6-9-14-13(16)11(5)15-10(4)12(7-2)8-3/h1,10-12,15H,7-9H2,2-5H3,(H,14,16). The van der Waals surface area contributed by atoms with Gasteiger partial charge >= 0.3 is 0 Å². The molecule has 0 saturated heterocycles. The van der Waals surface area contributed by atoms with E-state index in [2.05, 4.69) is 37.3 Å². The van der Waals surface area contributed by atoms with E-state index in [0.717, 1.165) is 12.8 Å². The molecule has 16 heavy (non-hydrogen) atoms. The van der Waals surface area contributed by atoms with E-state index in [1.54, 1.807) is 0 Å². The largest absolute Gasteiger partial charge is 0.344 e. The van der Waals surface area contributed by atoms with E-state index in [4.69, 9.17) is 6.42 Å². The van der Waals surface area contributed by atoms with E-state index in [1.807, 2.05) is 6.92 Å². The van der Waals surface area contributed by atoms with Gasteiger partial charge in [-0.05, 0) is 19.8 Å². The monoisotopic (exact) mass is 224 g/mol. The fourth-order valence-corrected chi connectivity index (χ4v) is 1.89. The number of terminal acetylenes is 1. The van der Waals surface area contributed by atoms with Gasteiger partial charge in [0, 0.05) is 6.04 Å². The Bertz CT molecular complexity index is 241. The summed E-state index contributed by atoms with van der Waals surface area (Å²) in [6.07, 6.45) is 7.34. The highest BCUT2D eigenvalue weighted by Crippen LogP contribution is 2.12. The van der Waals surface area contributed by atoms with Gasteiger partial charge in [0.25, 0.3) is 0 Å². The lowest BCUT2D eigenvalue weighted by Gasteiger charge is -2.25. The van der Waals surface area contributed by atoms with Crippen molar-refractivity contribution in [3.05, 3.63) is 0 Å². The molecule has 0 aliphatic heterocycles. The molecule has 0 radical (unpaired) electrons. The number of carbonyl (C=O) groups excluding carboxylic acids is 1. The Kier molecular flexibility index (Phi) is 7.66. The molecule has 0 bridgehead atoms. The SMILES string of the molecule is C#CCNC(=O)C(C)NC(C)C(CC)CC. The molecule has 0 aliphatic rings. The van der Waals surface area contributed by atoms with E-state index in [0.29, 0.717) is 18.5 Å². The lowest BCUT2D eigenvalue weighted by molar-refractivity contribution is -0.122. The molecule has 2 N–H and O–H groups in total. The van der Waals surface area contributed by atoms with Crippen molar-refractivity contribution in [1.29, 1.82) is 0 Å². The second-order valence-electron chi connectivity index (χ2n) is 4.18. The lowest BCUT2D eigenvalue weighted by atomic mass is 9.95. The van der Waals surface area contributed by atoms with Gasteiger partial charge in [-0.1, -0.05) is 32.6 Å². The molecule has 0 saturated carbocycles. The quantitative estimate of drug-likeness (QED) is 0.644. The summed E-state index contributed by atoms with van der Waals surface area (Å²) < 4.78 is 0. The predicted octanol–water partition coefficient (Wildman–Crippen LogP) is 1.54. The topological polar surface area (TPSA) is 41.1 Å². The number of hydrogen-bond acceptors (Lipinski definition) is 2. The molecule has 0 rings (SSSR count). The second-order valence-corrected chi connectivity index (χ2v) is 4.18. The van der Waals surface area contributed by atoms with E-state index in [9.17, 15) is 4.79 Å². The molecule has 0 aliphatic carbocycles. The molecule has 1 amide bonds. The van der Waals surface area contributed by atoms with Crippen molar-refractivity contribution in [2.45, 2.75) is 52.6 Å². The third-order valence-corrected chi connectivity index (χ3v) is 3.03. The molecular weight excluding hydrogens is 200 g/mol. The maximum atomic E-state index is 11.6. The van der Waals surface area contributed by atoms with E-state index in [-0.39, 0.29) is 11.9 Å². The third kappa shape index (κ3) is 5.18. The summed E-state index contributed by atoms with van der Waals surface area (Å²) in [5.74, 6) is 2.97. The van der Waals surface area contributed by atoms with Crippen LogP contribution in [0, 0.1) is 18.3 Å². The van der Waals surface area contributed by atoms with Crippen LogP contribution < -0.4 is 10.6 Å². The Morgan fingerprint density at radius 2 is 1.88 bits per heavy atom. The van der Waals surface area contributed by atoms with Gasteiger partial charge < -0.3 is 10.6 Å². The normalized spacial score (nSPS) is 14.2. The van der Waals surface area contributed by atoms with E-state index >= 15 is 0 Å². The molecule has 2 atom stereocenters. The lowest BCUT2D eigenvalue weighted by Crippen LogP contribution is -2.47. The number of carbonyl (C=O) groups is 1. The fourth-order valence-electron chi connectivity index (χ4n) is 1.89. The Morgan fingerprint density at radius 1 is 1.31 bits per heavy atom. The van der Waals surface area contributed by atoms with Crippen molar-refractivity contribution >= 4 is 5.91 Å². The van der Waals surface area contributed by atoms with E-state index in [1.165, 1.54) is 0 Å². The average Bonchev–Trinajstić information content (AvgIpc) is 2.27. The Labute approximate surface area is 99.4 Å². The van der Waals surface area contributed by atoms with Crippen LogP contribution in [0.1, 0.15) is 40.5 Å². The molecule has 92 valence electrons. The first-order valence-electron chi connectivity index (χ1n) is 6.03. The van der Waals surface area contributed by atoms with Crippen molar-refractivity contribution in [3.63, 3.8) is 0 Å². The molecule has 0 aromatic heterocycles. The summed E-state index contributed by atoms with van der Waals surface area (Å²) >= 11 is 0. The first-order chi connectivity index (χ1) is 7.56. The highest BCUT2D eigenvalue weighted by Gasteiger charge is 2.19. The molecule has 0 spiro atoms. The van der Waals surface area contributed by atoms with Crippen molar-refractivity contribution in [2.24, 2.45) is 5.92 Å². The average molecular weight is 224 g/mol. The Hall–Kier alpha value is -1.01. The van der Waals surface area contributed by atoms with Crippen LogP contribution in [0.25, 0.3) is 0 Å². The van der Waals surface area contributed by atoms with Crippen LogP contribution in [0.5, 0.6) is 0 Å². The van der Waals surface area contributed by atoms with Gasteiger partial charge in [-0.25, -0.2) is 0 Å². The fraction of sp³-hybridized carbons (Fsp3) is 0.769. The van der Waals surface area contributed by atoms with Gasteiger partial charge in [0.05, 0.1) is 12.6 Å². The minimum Gasteiger partial charge on any atom is -0.344 e. The summed E-state index contributed by atoms with van der Waals surface area (Å²) in [6.45, 7) is 8.64. The number of amides is 1. The zero-order valence-corrected chi connectivity index (χ0v) is 10.8. The third-order valence-electron chi connectivity index (χ3n) is 3.03. The van der Waals surface area contributed by atoms with Gasteiger partial charge in [0.2, 0.25) is 5.91 Å². The minimum absolute atomic E-state index is 0.0317. The highest BCUT2D eigenvalue weighted by molar-refractivity contribution is 5.81. The first kappa shape index (κ1) is 15.0. The van der Waals surface area contributed by atoms with Gasteiger partial charge in [0.1, 0.15) is 0 Å². The maximum absolute atomic E-state index is 11.6. The summed E-state index contributed by atoms with van der Waals surface area (Å²) in [5, 5.41) is 5.98. The highest BCUT2D eigenvalue weighted by atomic mass is 16.2. The van der Waals surface area contributed by atoms with E-state index < -0.39 is 0 Å². The maximum Gasteiger partial charge on any atom is 0.237 e. The van der Waals surface area contributed by atoms with Crippen molar-refractivity contribution in [3.8, 4) is 12.3 Å². The summed E-state index contributed by atoms with van der Waals surface area (Å²) in [5.41, 5.74) is 0. The molecule has 0 heterocycles. The smallest absolute Gasteiger partial charge is 0.237 e.